The zero-order valence-corrected chi connectivity index (χ0v) is 10.6. The second kappa shape index (κ2) is 6.18. The van der Waals surface area contributed by atoms with Gasteiger partial charge in [-0.25, -0.2) is 8.78 Å². The lowest BCUT2D eigenvalue weighted by Gasteiger charge is -2.09. The van der Waals surface area contributed by atoms with Crippen LogP contribution in [0.2, 0.25) is 0 Å². The summed E-state index contributed by atoms with van der Waals surface area (Å²) in [5.74, 6) is -1.23. The Kier molecular flexibility index (Phi) is 4.34. The van der Waals surface area contributed by atoms with Gasteiger partial charge in [0.05, 0.1) is 0 Å². The van der Waals surface area contributed by atoms with Crippen LogP contribution in [0.4, 0.5) is 14.5 Å². The topological polar surface area (TPSA) is 21.3 Å². The van der Waals surface area contributed by atoms with E-state index in [4.69, 9.17) is 4.74 Å². The van der Waals surface area contributed by atoms with Crippen molar-refractivity contribution in [3.63, 3.8) is 0 Å². The number of ether oxygens (including phenoxy) is 1. The third-order valence-electron chi connectivity index (χ3n) is 2.63. The molecule has 0 aliphatic carbocycles. The van der Waals surface area contributed by atoms with Gasteiger partial charge in [0, 0.05) is 18.3 Å². The lowest BCUT2D eigenvalue weighted by atomic mass is 10.2. The first-order valence-corrected chi connectivity index (χ1v) is 6.03. The summed E-state index contributed by atoms with van der Waals surface area (Å²) in [6.07, 6.45) is 0. The molecule has 2 aromatic carbocycles. The molecule has 2 aromatic rings. The minimum Gasteiger partial charge on any atom is -0.489 e. The smallest absolute Gasteiger partial charge is 0.167 e. The average molecular weight is 263 g/mol. The first-order chi connectivity index (χ1) is 9.15. The van der Waals surface area contributed by atoms with Crippen molar-refractivity contribution < 1.29 is 13.5 Å². The molecule has 0 unspecified atom stereocenters. The Morgan fingerprint density at radius 1 is 1.05 bits per heavy atom. The third-order valence-corrected chi connectivity index (χ3v) is 2.63. The number of aryl methyl sites for hydroxylation is 1. The van der Waals surface area contributed by atoms with Gasteiger partial charge in [-0.1, -0.05) is 17.7 Å². The molecule has 0 bridgehead atoms. The molecule has 4 heteroatoms. The van der Waals surface area contributed by atoms with Crippen LogP contribution in [0.1, 0.15) is 5.56 Å². The minimum absolute atomic E-state index is 0.0621. The van der Waals surface area contributed by atoms with Crippen LogP contribution in [0.25, 0.3) is 0 Å². The molecule has 0 aromatic heterocycles. The zero-order valence-electron chi connectivity index (χ0n) is 10.6. The fourth-order valence-corrected chi connectivity index (χ4v) is 1.62. The predicted molar refractivity (Wildman–Crippen MR) is 71.5 cm³/mol. The first-order valence-electron chi connectivity index (χ1n) is 6.03. The van der Waals surface area contributed by atoms with E-state index < -0.39 is 11.6 Å². The SMILES string of the molecule is Cc1ccc(NCCOc2ccc(F)cc2F)cc1. The van der Waals surface area contributed by atoms with E-state index in [0.29, 0.717) is 13.2 Å². The number of nitrogens with one attached hydrogen (secondary N) is 1. The normalized spacial score (nSPS) is 10.3. The number of hydrogen-bond donors (Lipinski definition) is 1. The van der Waals surface area contributed by atoms with Gasteiger partial charge in [-0.2, -0.15) is 0 Å². The molecule has 100 valence electrons. The lowest BCUT2D eigenvalue weighted by molar-refractivity contribution is 0.314. The van der Waals surface area contributed by atoms with Gasteiger partial charge in [-0.05, 0) is 31.2 Å². The first kappa shape index (κ1) is 13.3. The van der Waals surface area contributed by atoms with E-state index in [2.05, 4.69) is 5.32 Å². The summed E-state index contributed by atoms with van der Waals surface area (Å²) in [6, 6.07) is 11.2. The zero-order chi connectivity index (χ0) is 13.7. The van der Waals surface area contributed by atoms with Crippen LogP contribution in [0.3, 0.4) is 0 Å². The molecule has 0 saturated heterocycles. The van der Waals surface area contributed by atoms with Gasteiger partial charge in [0.15, 0.2) is 11.6 Å². The Morgan fingerprint density at radius 3 is 2.47 bits per heavy atom. The van der Waals surface area contributed by atoms with Gasteiger partial charge < -0.3 is 10.1 Å². The van der Waals surface area contributed by atoms with Gasteiger partial charge >= 0.3 is 0 Å². The Bertz CT molecular complexity index is 540. The molecule has 19 heavy (non-hydrogen) atoms. The highest BCUT2D eigenvalue weighted by molar-refractivity contribution is 5.44. The van der Waals surface area contributed by atoms with E-state index in [-0.39, 0.29) is 5.75 Å². The third kappa shape index (κ3) is 3.95. The van der Waals surface area contributed by atoms with Crippen molar-refractivity contribution in [3.05, 3.63) is 59.7 Å². The van der Waals surface area contributed by atoms with Gasteiger partial charge in [0.2, 0.25) is 0 Å². The van der Waals surface area contributed by atoms with Crippen LogP contribution >= 0.6 is 0 Å². The van der Waals surface area contributed by atoms with Crippen LogP contribution < -0.4 is 10.1 Å². The summed E-state index contributed by atoms with van der Waals surface area (Å²) in [7, 11) is 0. The fraction of sp³-hybridized carbons (Fsp3) is 0.200. The highest BCUT2D eigenvalue weighted by atomic mass is 19.1. The molecule has 0 heterocycles. The molecule has 0 saturated carbocycles. The van der Waals surface area contributed by atoms with Crippen molar-refractivity contribution in [1.29, 1.82) is 0 Å². The van der Waals surface area contributed by atoms with E-state index in [0.717, 1.165) is 11.8 Å². The second-order valence-electron chi connectivity index (χ2n) is 4.22. The standard InChI is InChI=1S/C15H15F2NO/c1-11-2-5-13(6-3-11)18-8-9-19-15-7-4-12(16)10-14(15)17/h2-7,10,18H,8-9H2,1H3. The van der Waals surface area contributed by atoms with E-state index in [1.54, 1.807) is 0 Å². The predicted octanol–water partition coefficient (Wildman–Crippen LogP) is 3.76. The average Bonchev–Trinajstić information content (AvgIpc) is 2.39. The van der Waals surface area contributed by atoms with E-state index >= 15 is 0 Å². The number of halogens is 2. The molecule has 0 radical (unpaired) electrons. The molecule has 0 fully saturated rings. The molecule has 0 aliphatic rings. The maximum atomic E-state index is 13.3. The molecule has 1 N–H and O–H groups in total. The van der Waals surface area contributed by atoms with Crippen LogP contribution in [0, 0.1) is 18.6 Å². The Labute approximate surface area is 111 Å². The summed E-state index contributed by atoms with van der Waals surface area (Å²) in [5, 5.41) is 3.15. The largest absolute Gasteiger partial charge is 0.489 e. The highest BCUT2D eigenvalue weighted by Crippen LogP contribution is 2.17. The number of hydrogen-bond acceptors (Lipinski definition) is 2. The summed E-state index contributed by atoms with van der Waals surface area (Å²) < 4.78 is 31.2. The molecule has 2 rings (SSSR count). The van der Waals surface area contributed by atoms with Crippen molar-refractivity contribution in [1.82, 2.24) is 0 Å². The van der Waals surface area contributed by atoms with Crippen LogP contribution in [0.5, 0.6) is 5.75 Å². The van der Waals surface area contributed by atoms with Crippen LogP contribution in [-0.2, 0) is 0 Å². The monoisotopic (exact) mass is 263 g/mol. The highest BCUT2D eigenvalue weighted by Gasteiger charge is 2.04. The maximum Gasteiger partial charge on any atom is 0.167 e. The lowest BCUT2D eigenvalue weighted by Crippen LogP contribution is -2.12. The summed E-state index contributed by atoms with van der Waals surface area (Å²) in [5.41, 5.74) is 2.17. The molecule has 0 aliphatic heterocycles. The molecule has 0 atom stereocenters. The Balaban J connectivity index is 1.79. The van der Waals surface area contributed by atoms with Crippen LogP contribution in [-0.4, -0.2) is 13.2 Å². The molecule has 2 nitrogen and oxygen atoms in total. The minimum atomic E-state index is -0.685. The molecule has 0 amide bonds. The molecular weight excluding hydrogens is 248 g/mol. The van der Waals surface area contributed by atoms with Crippen molar-refractivity contribution in [2.45, 2.75) is 6.92 Å². The Hall–Kier alpha value is -2.10. The number of anilines is 1. The Morgan fingerprint density at radius 2 is 1.79 bits per heavy atom. The van der Waals surface area contributed by atoms with Gasteiger partial charge in [-0.15, -0.1) is 0 Å². The van der Waals surface area contributed by atoms with Crippen LogP contribution in [0.15, 0.2) is 42.5 Å². The fourth-order valence-electron chi connectivity index (χ4n) is 1.62. The maximum absolute atomic E-state index is 13.3. The van der Waals surface area contributed by atoms with Gasteiger partial charge in [0.25, 0.3) is 0 Å². The van der Waals surface area contributed by atoms with Crippen molar-refractivity contribution in [2.75, 3.05) is 18.5 Å². The summed E-state index contributed by atoms with van der Waals surface area (Å²) in [4.78, 5) is 0. The number of rotatable bonds is 5. The van der Waals surface area contributed by atoms with E-state index in [1.807, 2.05) is 31.2 Å². The van der Waals surface area contributed by atoms with Crippen molar-refractivity contribution in [2.24, 2.45) is 0 Å². The quantitative estimate of drug-likeness (QED) is 0.829. The van der Waals surface area contributed by atoms with Crippen molar-refractivity contribution in [3.8, 4) is 5.75 Å². The van der Waals surface area contributed by atoms with Gasteiger partial charge in [0.1, 0.15) is 12.4 Å². The second-order valence-corrected chi connectivity index (χ2v) is 4.22. The van der Waals surface area contributed by atoms with E-state index in [9.17, 15) is 8.78 Å². The van der Waals surface area contributed by atoms with Gasteiger partial charge in [-0.3, -0.25) is 0 Å². The summed E-state index contributed by atoms with van der Waals surface area (Å²) in [6.45, 7) is 2.86. The summed E-state index contributed by atoms with van der Waals surface area (Å²) >= 11 is 0. The number of benzene rings is 2. The van der Waals surface area contributed by atoms with Crippen molar-refractivity contribution >= 4 is 5.69 Å². The molecular formula is C15H15F2NO. The molecule has 0 spiro atoms. The van der Waals surface area contributed by atoms with E-state index in [1.165, 1.54) is 17.7 Å².